The predicted octanol–water partition coefficient (Wildman–Crippen LogP) is 1.11. The first-order valence-electron chi connectivity index (χ1n) is 3.96. The monoisotopic (exact) mass is 268 g/mol. The summed E-state index contributed by atoms with van der Waals surface area (Å²) in [7, 11) is 0. The molecule has 0 saturated heterocycles. The van der Waals surface area contributed by atoms with E-state index in [1.807, 2.05) is 0 Å². The normalized spacial score (nSPS) is 9.82. The Morgan fingerprint density at radius 3 is 1.45 bits per heavy atom. The molecule has 0 unspecified atom stereocenters. The van der Waals surface area contributed by atoms with Gasteiger partial charge in [-0.1, -0.05) is 27.7 Å². The number of rotatable bonds is 4. The molecule has 0 fully saturated rings. The maximum absolute atomic E-state index is 7.13. The first-order chi connectivity index (χ1) is 5.13. The fraction of sp³-hybridized carbons (Fsp3) is 1.00. The van der Waals surface area contributed by atoms with Crippen LogP contribution >= 0.6 is 0 Å². The van der Waals surface area contributed by atoms with E-state index in [2.05, 4.69) is 27.7 Å². The summed E-state index contributed by atoms with van der Waals surface area (Å²) in [6.07, 6.45) is 0. The van der Waals surface area contributed by atoms with Crippen LogP contribution in [0.4, 0.5) is 0 Å². The van der Waals surface area contributed by atoms with Crippen molar-refractivity contribution >= 4 is 22.9 Å². The van der Waals surface area contributed by atoms with Crippen LogP contribution in [-0.2, 0) is 4.74 Å². The van der Waals surface area contributed by atoms with Crippen LogP contribution in [0.3, 0.4) is 0 Å². The van der Waals surface area contributed by atoms with Crippen molar-refractivity contribution in [1.82, 2.24) is 0 Å². The number of hydrogen-bond donors (Lipinski definition) is 1. The minimum absolute atomic E-state index is 0.350. The summed E-state index contributed by atoms with van der Waals surface area (Å²) < 4.78 is 12.5. The average Bonchev–Trinajstić information content (AvgIpc) is 1.90. The van der Waals surface area contributed by atoms with E-state index in [0.29, 0.717) is 34.8 Å². The predicted molar refractivity (Wildman–Crippen MR) is 49.9 cm³/mol. The van der Waals surface area contributed by atoms with Gasteiger partial charge in [-0.25, -0.2) is 0 Å². The molecule has 0 aromatic carbocycles. The van der Waals surface area contributed by atoms with Gasteiger partial charge in [-0.05, 0) is 11.8 Å². The van der Waals surface area contributed by atoms with Crippen LogP contribution in [0, 0.1) is 11.8 Å². The summed E-state index contributed by atoms with van der Waals surface area (Å²) in [5, 5.41) is 0. The molecule has 0 amide bonds. The molecule has 0 heterocycles. The van der Waals surface area contributed by atoms with E-state index in [1.54, 1.807) is 0 Å². The first kappa shape index (κ1) is 14.3. The van der Waals surface area contributed by atoms with Crippen LogP contribution in [0.5, 0.6) is 0 Å². The van der Waals surface area contributed by atoms with Gasteiger partial charge in [-0.2, -0.15) is 0 Å². The summed E-state index contributed by atoms with van der Waals surface area (Å²) in [5.41, 5.74) is 0. The van der Waals surface area contributed by atoms with Gasteiger partial charge in [0, 0.05) is 13.2 Å². The van der Waals surface area contributed by atoms with E-state index in [4.69, 9.17) is 8.18 Å². The maximum atomic E-state index is 7.13. The molecular weight excluding hydrogens is 247 g/mol. The van der Waals surface area contributed by atoms with Gasteiger partial charge in [0.05, 0.1) is 0 Å². The molecule has 0 rings (SSSR count). The zero-order chi connectivity index (χ0) is 9.28. The molecule has 2 radical (unpaired) electrons. The van der Waals surface area contributed by atoms with Gasteiger partial charge in [-0.15, -0.1) is 0 Å². The molecule has 0 aliphatic rings. The summed E-state index contributed by atoms with van der Waals surface area (Å²) in [6.45, 7) is 10.5. The van der Waals surface area contributed by atoms with Gasteiger partial charge in [0.25, 0.3) is 0 Å². The van der Waals surface area contributed by atoms with Crippen LogP contribution in [0.25, 0.3) is 0 Å². The Morgan fingerprint density at radius 2 is 1.27 bits per heavy atom. The van der Waals surface area contributed by atoms with Gasteiger partial charge in [0.2, 0.25) is 0 Å². The Bertz CT molecular complexity index is 57.1. The molecule has 0 atom stereocenters. The summed E-state index contributed by atoms with van der Waals surface area (Å²) in [6, 6.07) is 0. The SMILES string of the molecule is CC(C)COCC(C)C.[OH][SnH]. The molecule has 68 valence electrons. The van der Waals surface area contributed by atoms with E-state index in [0.717, 1.165) is 13.2 Å². The molecule has 0 aromatic rings. The zero-order valence-corrected chi connectivity index (χ0v) is 11.3. The van der Waals surface area contributed by atoms with Crippen LogP contribution in [0.2, 0.25) is 0 Å². The van der Waals surface area contributed by atoms with E-state index in [1.165, 1.54) is 0 Å². The van der Waals surface area contributed by atoms with Crippen molar-refractivity contribution in [3.05, 3.63) is 0 Å². The molecule has 2 nitrogen and oxygen atoms in total. The second-order valence-corrected chi connectivity index (χ2v) is 3.33. The first-order valence-corrected chi connectivity index (χ1v) is 5.44. The Kier molecular flexibility index (Phi) is 13.9. The van der Waals surface area contributed by atoms with Crippen molar-refractivity contribution in [2.75, 3.05) is 13.2 Å². The Hall–Kier alpha value is 0.719. The third-order valence-corrected chi connectivity index (χ3v) is 0.902. The summed E-state index contributed by atoms with van der Waals surface area (Å²) >= 11 is 0.350. The summed E-state index contributed by atoms with van der Waals surface area (Å²) in [5.74, 6) is 1.34. The van der Waals surface area contributed by atoms with Crippen molar-refractivity contribution < 1.29 is 8.18 Å². The quantitative estimate of drug-likeness (QED) is 0.773. The Balaban J connectivity index is 0. The van der Waals surface area contributed by atoms with E-state index < -0.39 is 0 Å². The van der Waals surface area contributed by atoms with Crippen LogP contribution in [0.1, 0.15) is 27.7 Å². The van der Waals surface area contributed by atoms with E-state index in [-0.39, 0.29) is 0 Å². The van der Waals surface area contributed by atoms with Crippen molar-refractivity contribution in [2.45, 2.75) is 27.7 Å². The van der Waals surface area contributed by atoms with Crippen LogP contribution in [-0.4, -0.2) is 39.6 Å². The molecular formula is C8H20O2Sn. The minimum atomic E-state index is 0.350. The number of hydrogen-bond acceptors (Lipinski definition) is 2. The second kappa shape index (κ2) is 10.7. The van der Waals surface area contributed by atoms with Crippen molar-refractivity contribution in [2.24, 2.45) is 11.8 Å². The van der Waals surface area contributed by atoms with Gasteiger partial charge < -0.3 is 4.74 Å². The second-order valence-electron chi connectivity index (χ2n) is 3.33. The standard InChI is InChI=1S/C8H18O.H2O.Sn.H/c1-7(2)5-9-6-8(3)4;;;/h7-8H,5-6H2,1-4H3;1H2;;/q;;+1;/p-1. The van der Waals surface area contributed by atoms with Gasteiger partial charge in [-0.3, -0.25) is 0 Å². The Morgan fingerprint density at radius 1 is 1.00 bits per heavy atom. The molecule has 0 aromatic heterocycles. The molecule has 0 bridgehead atoms. The van der Waals surface area contributed by atoms with Crippen molar-refractivity contribution in [3.63, 3.8) is 0 Å². The molecule has 11 heavy (non-hydrogen) atoms. The van der Waals surface area contributed by atoms with Gasteiger partial charge >= 0.3 is 26.4 Å². The molecule has 3 heteroatoms. The van der Waals surface area contributed by atoms with Crippen LogP contribution < -0.4 is 0 Å². The molecule has 0 aliphatic carbocycles. The van der Waals surface area contributed by atoms with Gasteiger partial charge in [0.1, 0.15) is 0 Å². The molecule has 0 spiro atoms. The fourth-order valence-electron chi connectivity index (χ4n) is 0.539. The zero-order valence-electron chi connectivity index (χ0n) is 8.00. The van der Waals surface area contributed by atoms with E-state index in [9.17, 15) is 0 Å². The number of ether oxygens (including phenoxy) is 1. The Labute approximate surface area is 84.0 Å². The third-order valence-electron chi connectivity index (χ3n) is 0.902. The van der Waals surface area contributed by atoms with Gasteiger partial charge in [0.15, 0.2) is 0 Å². The van der Waals surface area contributed by atoms with Crippen LogP contribution in [0.15, 0.2) is 0 Å². The summed E-state index contributed by atoms with van der Waals surface area (Å²) in [4.78, 5) is 0. The molecule has 0 saturated carbocycles. The fourth-order valence-corrected chi connectivity index (χ4v) is 0.539. The third kappa shape index (κ3) is 18.0. The van der Waals surface area contributed by atoms with Crippen molar-refractivity contribution in [3.8, 4) is 0 Å². The van der Waals surface area contributed by atoms with E-state index >= 15 is 0 Å². The molecule has 0 aliphatic heterocycles. The topological polar surface area (TPSA) is 29.5 Å². The molecule has 1 N–H and O–H groups in total. The van der Waals surface area contributed by atoms with Crippen molar-refractivity contribution in [1.29, 1.82) is 0 Å². The average molecular weight is 267 g/mol.